The number of benzene rings is 1. The van der Waals surface area contributed by atoms with Crippen LogP contribution in [-0.4, -0.2) is 19.7 Å². The number of rotatable bonds is 1. The molecule has 1 atom stereocenters. The third kappa shape index (κ3) is 2.76. The summed E-state index contributed by atoms with van der Waals surface area (Å²) in [4.78, 5) is 0. The molecule has 0 bridgehead atoms. The number of hydrogen-bond acceptors (Lipinski definition) is 2. The van der Waals surface area contributed by atoms with Crippen molar-refractivity contribution in [3.05, 3.63) is 35.1 Å². The molecular formula is C11H11F4NO. The minimum absolute atomic E-state index is 0.388. The van der Waals surface area contributed by atoms with E-state index in [0.717, 1.165) is 12.1 Å². The summed E-state index contributed by atoms with van der Waals surface area (Å²) in [5.41, 5.74) is -0.826. The zero-order valence-electron chi connectivity index (χ0n) is 8.85. The number of hydrogen-bond donors (Lipinski definition) is 1. The van der Waals surface area contributed by atoms with Gasteiger partial charge in [-0.1, -0.05) is 6.07 Å². The molecule has 0 saturated carbocycles. The summed E-state index contributed by atoms with van der Waals surface area (Å²) in [6.45, 7) is 1.64. The molecule has 0 aromatic heterocycles. The van der Waals surface area contributed by atoms with Gasteiger partial charge >= 0.3 is 6.18 Å². The predicted octanol–water partition coefficient (Wildman–Crippen LogP) is 2.51. The highest BCUT2D eigenvalue weighted by atomic mass is 19.4. The molecule has 6 heteroatoms. The van der Waals surface area contributed by atoms with Crippen LogP contribution in [0.5, 0.6) is 0 Å². The van der Waals surface area contributed by atoms with E-state index in [4.69, 9.17) is 4.74 Å². The normalized spacial score (nSPS) is 21.5. The summed E-state index contributed by atoms with van der Waals surface area (Å²) < 4.78 is 55.7. The smallest absolute Gasteiger partial charge is 0.371 e. The first-order chi connectivity index (χ1) is 7.98. The maximum Gasteiger partial charge on any atom is 0.419 e. The lowest BCUT2D eigenvalue weighted by atomic mass is 10.1. The van der Waals surface area contributed by atoms with Crippen LogP contribution in [0.4, 0.5) is 17.6 Å². The second-order valence-corrected chi connectivity index (χ2v) is 3.80. The van der Waals surface area contributed by atoms with Gasteiger partial charge in [0.25, 0.3) is 0 Å². The summed E-state index contributed by atoms with van der Waals surface area (Å²) in [6, 6.07) is 2.90. The van der Waals surface area contributed by atoms with Crippen molar-refractivity contribution < 1.29 is 22.3 Å². The molecule has 94 valence electrons. The number of ether oxygens (including phenoxy) is 1. The minimum atomic E-state index is -4.66. The van der Waals surface area contributed by atoms with Crippen molar-refractivity contribution in [3.63, 3.8) is 0 Å². The van der Waals surface area contributed by atoms with Crippen molar-refractivity contribution in [1.29, 1.82) is 0 Å². The average molecular weight is 249 g/mol. The number of halogens is 4. The van der Waals surface area contributed by atoms with Crippen molar-refractivity contribution in [2.24, 2.45) is 0 Å². The van der Waals surface area contributed by atoms with Crippen molar-refractivity contribution in [1.82, 2.24) is 5.32 Å². The largest absolute Gasteiger partial charge is 0.419 e. The van der Waals surface area contributed by atoms with Crippen LogP contribution in [0.2, 0.25) is 0 Å². The van der Waals surface area contributed by atoms with E-state index in [0.29, 0.717) is 25.3 Å². The Kier molecular flexibility index (Phi) is 3.35. The molecule has 1 aliphatic heterocycles. The number of morpholine rings is 1. The molecule has 2 rings (SSSR count). The van der Waals surface area contributed by atoms with Gasteiger partial charge in [0.15, 0.2) is 0 Å². The Bertz CT molecular complexity index is 399. The second kappa shape index (κ2) is 4.62. The van der Waals surface area contributed by atoms with E-state index in [1.807, 2.05) is 0 Å². The number of nitrogens with one attached hydrogen (secondary N) is 1. The minimum Gasteiger partial charge on any atom is -0.371 e. The van der Waals surface area contributed by atoms with Crippen molar-refractivity contribution in [3.8, 4) is 0 Å². The maximum absolute atomic E-state index is 13.3. The van der Waals surface area contributed by atoms with E-state index in [2.05, 4.69) is 5.32 Å². The highest BCUT2D eigenvalue weighted by Gasteiger charge is 2.34. The van der Waals surface area contributed by atoms with E-state index in [1.165, 1.54) is 6.07 Å². The molecule has 1 aromatic rings. The molecule has 1 fully saturated rings. The molecule has 1 saturated heterocycles. The van der Waals surface area contributed by atoms with Crippen LogP contribution in [0.1, 0.15) is 17.2 Å². The molecule has 0 radical (unpaired) electrons. The van der Waals surface area contributed by atoms with Gasteiger partial charge in [0, 0.05) is 13.1 Å². The average Bonchev–Trinajstić information content (AvgIpc) is 2.28. The Morgan fingerprint density at radius 2 is 2.06 bits per heavy atom. The third-order valence-electron chi connectivity index (χ3n) is 2.60. The summed E-state index contributed by atoms with van der Waals surface area (Å²) in [7, 11) is 0. The van der Waals surface area contributed by atoms with Gasteiger partial charge in [-0.15, -0.1) is 0 Å². The van der Waals surface area contributed by atoms with E-state index < -0.39 is 17.6 Å². The quantitative estimate of drug-likeness (QED) is 0.772. The topological polar surface area (TPSA) is 21.3 Å². The molecule has 0 spiro atoms. The Morgan fingerprint density at radius 1 is 1.29 bits per heavy atom. The lowest BCUT2D eigenvalue weighted by Gasteiger charge is -2.24. The SMILES string of the molecule is Fc1cc(C2CNCCO2)ccc1C(F)(F)F. The van der Waals surface area contributed by atoms with Crippen LogP contribution in [0.3, 0.4) is 0 Å². The Morgan fingerprint density at radius 3 is 2.59 bits per heavy atom. The van der Waals surface area contributed by atoms with Gasteiger partial charge < -0.3 is 10.1 Å². The van der Waals surface area contributed by atoms with Crippen LogP contribution >= 0.6 is 0 Å². The highest BCUT2D eigenvalue weighted by Crippen LogP contribution is 2.32. The van der Waals surface area contributed by atoms with Gasteiger partial charge in [-0.25, -0.2) is 4.39 Å². The standard InChI is InChI=1S/C11H11F4NO/c12-9-5-7(10-6-16-3-4-17-10)1-2-8(9)11(13,14)15/h1-2,5,10,16H,3-4,6H2. The van der Waals surface area contributed by atoms with Gasteiger partial charge in [-0.2, -0.15) is 13.2 Å². The summed E-state index contributed by atoms with van der Waals surface area (Å²) >= 11 is 0. The molecular weight excluding hydrogens is 238 g/mol. The third-order valence-corrected chi connectivity index (χ3v) is 2.60. The van der Waals surface area contributed by atoms with Crippen LogP contribution in [-0.2, 0) is 10.9 Å². The maximum atomic E-state index is 13.3. The van der Waals surface area contributed by atoms with Crippen LogP contribution < -0.4 is 5.32 Å². The van der Waals surface area contributed by atoms with Gasteiger partial charge in [-0.3, -0.25) is 0 Å². The lowest BCUT2D eigenvalue weighted by Crippen LogP contribution is -2.33. The van der Waals surface area contributed by atoms with Gasteiger partial charge in [-0.05, 0) is 17.7 Å². The zero-order valence-corrected chi connectivity index (χ0v) is 8.85. The van der Waals surface area contributed by atoms with Gasteiger partial charge in [0.05, 0.1) is 18.3 Å². The van der Waals surface area contributed by atoms with E-state index >= 15 is 0 Å². The first-order valence-electron chi connectivity index (χ1n) is 5.17. The Labute approximate surface area is 95.6 Å². The van der Waals surface area contributed by atoms with E-state index in [-0.39, 0.29) is 6.10 Å². The number of alkyl halides is 3. The zero-order chi connectivity index (χ0) is 12.5. The fourth-order valence-electron chi connectivity index (χ4n) is 1.74. The van der Waals surface area contributed by atoms with E-state index in [9.17, 15) is 17.6 Å². The first-order valence-corrected chi connectivity index (χ1v) is 5.17. The molecule has 1 unspecified atom stereocenters. The fourth-order valence-corrected chi connectivity index (χ4v) is 1.74. The Hall–Kier alpha value is -1.14. The molecule has 0 amide bonds. The van der Waals surface area contributed by atoms with Gasteiger partial charge in [0.2, 0.25) is 0 Å². The van der Waals surface area contributed by atoms with Crippen molar-refractivity contribution in [2.45, 2.75) is 12.3 Å². The fraction of sp³-hybridized carbons (Fsp3) is 0.455. The first kappa shape index (κ1) is 12.3. The van der Waals surface area contributed by atoms with Crippen molar-refractivity contribution in [2.75, 3.05) is 19.7 Å². The highest BCUT2D eigenvalue weighted by molar-refractivity contribution is 5.28. The molecule has 1 heterocycles. The lowest BCUT2D eigenvalue weighted by molar-refractivity contribution is -0.140. The molecule has 1 aromatic carbocycles. The monoisotopic (exact) mass is 249 g/mol. The molecule has 1 N–H and O–H groups in total. The summed E-state index contributed by atoms with van der Waals surface area (Å²) in [5, 5.41) is 3.03. The molecule has 1 aliphatic rings. The van der Waals surface area contributed by atoms with E-state index in [1.54, 1.807) is 0 Å². The van der Waals surface area contributed by atoms with Crippen molar-refractivity contribution >= 4 is 0 Å². The molecule has 0 aliphatic carbocycles. The summed E-state index contributed by atoms with van der Waals surface area (Å²) in [6.07, 6.45) is -5.05. The van der Waals surface area contributed by atoms with Crippen LogP contribution in [0, 0.1) is 5.82 Å². The Balaban J connectivity index is 2.24. The van der Waals surface area contributed by atoms with Crippen LogP contribution in [0.15, 0.2) is 18.2 Å². The summed E-state index contributed by atoms with van der Waals surface area (Å²) in [5.74, 6) is -1.26. The van der Waals surface area contributed by atoms with Crippen LogP contribution in [0.25, 0.3) is 0 Å². The molecule has 17 heavy (non-hydrogen) atoms. The molecule has 2 nitrogen and oxygen atoms in total. The van der Waals surface area contributed by atoms with Gasteiger partial charge in [0.1, 0.15) is 5.82 Å². The second-order valence-electron chi connectivity index (χ2n) is 3.80. The predicted molar refractivity (Wildman–Crippen MR) is 53.0 cm³/mol.